The predicted octanol–water partition coefficient (Wildman–Crippen LogP) is 4.77. The van der Waals surface area contributed by atoms with Gasteiger partial charge in [0.05, 0.1) is 18.6 Å². The van der Waals surface area contributed by atoms with E-state index in [9.17, 15) is 9.59 Å². The van der Waals surface area contributed by atoms with E-state index in [-0.39, 0.29) is 11.8 Å². The van der Waals surface area contributed by atoms with Crippen LogP contribution in [0.5, 0.6) is 0 Å². The van der Waals surface area contributed by atoms with E-state index >= 15 is 0 Å². The molecular formula is C27H24N4O3S. The third kappa shape index (κ3) is 4.58. The molecule has 1 N–H and O–H groups in total. The molecule has 1 aliphatic rings. The van der Waals surface area contributed by atoms with Crippen LogP contribution in [0.4, 0.5) is 5.69 Å². The highest BCUT2D eigenvalue weighted by molar-refractivity contribution is 7.10. The Morgan fingerprint density at radius 2 is 1.80 bits per heavy atom. The number of ether oxygens (including phenoxy) is 1. The van der Waals surface area contributed by atoms with Crippen molar-refractivity contribution in [3.8, 4) is 11.4 Å². The Balaban J connectivity index is 1.49. The lowest BCUT2D eigenvalue weighted by atomic mass is 9.81. The number of carbonyl (C=O) groups excluding carboxylic acids is 2. The highest BCUT2D eigenvalue weighted by atomic mass is 32.1. The number of nitrogens with one attached hydrogen (secondary N) is 1. The Morgan fingerprint density at radius 3 is 2.51 bits per heavy atom. The third-order valence-electron chi connectivity index (χ3n) is 6.07. The van der Waals surface area contributed by atoms with Crippen LogP contribution in [0.25, 0.3) is 11.4 Å². The first-order valence-electron chi connectivity index (χ1n) is 11.3. The second-order valence-electron chi connectivity index (χ2n) is 8.16. The zero-order chi connectivity index (χ0) is 24.2. The first-order chi connectivity index (χ1) is 17.2. The van der Waals surface area contributed by atoms with Crippen molar-refractivity contribution in [2.24, 2.45) is 0 Å². The Morgan fingerprint density at radius 1 is 1.03 bits per heavy atom. The largest absolute Gasteiger partial charge is 0.383 e. The van der Waals surface area contributed by atoms with Crippen molar-refractivity contribution < 1.29 is 14.3 Å². The van der Waals surface area contributed by atoms with Crippen LogP contribution in [0.15, 0.2) is 84.5 Å². The number of carbonyl (C=O) groups is 2. The molecule has 176 valence electrons. The SMILES string of the molecule is COCCN1C(=O)c2ccccc2C(C(=O)Nc2ccc(-c3ncccn3)cc2)C1c1cccs1. The van der Waals surface area contributed by atoms with Gasteiger partial charge in [-0.1, -0.05) is 24.3 Å². The number of thiophene rings is 1. The third-order valence-corrected chi connectivity index (χ3v) is 7.01. The van der Waals surface area contributed by atoms with Gasteiger partial charge in [-0.25, -0.2) is 9.97 Å². The van der Waals surface area contributed by atoms with Gasteiger partial charge in [-0.15, -0.1) is 11.3 Å². The Labute approximate surface area is 207 Å². The summed E-state index contributed by atoms with van der Waals surface area (Å²) in [6.45, 7) is 0.773. The zero-order valence-corrected chi connectivity index (χ0v) is 19.9. The van der Waals surface area contributed by atoms with Crippen LogP contribution in [0.3, 0.4) is 0 Å². The van der Waals surface area contributed by atoms with Crippen molar-refractivity contribution in [1.82, 2.24) is 14.9 Å². The van der Waals surface area contributed by atoms with Crippen LogP contribution in [0, 0.1) is 0 Å². The fraction of sp³-hybridized carbons (Fsp3) is 0.185. The normalized spacial score (nSPS) is 17.2. The van der Waals surface area contributed by atoms with E-state index in [1.165, 1.54) is 0 Å². The summed E-state index contributed by atoms with van der Waals surface area (Å²) in [5.74, 6) is -0.213. The van der Waals surface area contributed by atoms with Gasteiger partial charge in [0.15, 0.2) is 5.82 Å². The molecule has 0 fully saturated rings. The van der Waals surface area contributed by atoms with Gasteiger partial charge in [0, 0.05) is 47.7 Å². The Kier molecular flexibility index (Phi) is 6.65. The zero-order valence-electron chi connectivity index (χ0n) is 19.1. The molecule has 0 spiro atoms. The quantitative estimate of drug-likeness (QED) is 0.408. The topological polar surface area (TPSA) is 84.4 Å². The van der Waals surface area contributed by atoms with Gasteiger partial charge in [0.1, 0.15) is 0 Å². The summed E-state index contributed by atoms with van der Waals surface area (Å²) in [6.07, 6.45) is 3.39. The molecule has 0 bridgehead atoms. The van der Waals surface area contributed by atoms with Gasteiger partial charge in [0.25, 0.3) is 5.91 Å². The van der Waals surface area contributed by atoms with E-state index in [2.05, 4.69) is 15.3 Å². The van der Waals surface area contributed by atoms with Gasteiger partial charge in [0.2, 0.25) is 5.91 Å². The molecule has 0 saturated heterocycles. The first kappa shape index (κ1) is 22.9. The Bertz CT molecular complexity index is 1310. The number of anilines is 1. The van der Waals surface area contributed by atoms with E-state index in [0.29, 0.717) is 30.2 Å². The Hall–Kier alpha value is -3.88. The van der Waals surface area contributed by atoms with Crippen LogP contribution in [0.1, 0.15) is 32.8 Å². The van der Waals surface area contributed by atoms with Crippen molar-refractivity contribution in [2.75, 3.05) is 25.6 Å². The summed E-state index contributed by atoms with van der Waals surface area (Å²) >= 11 is 1.54. The maximum Gasteiger partial charge on any atom is 0.254 e. The summed E-state index contributed by atoms with van der Waals surface area (Å²) < 4.78 is 5.28. The fourth-order valence-corrected chi connectivity index (χ4v) is 5.33. The maximum atomic E-state index is 13.8. The van der Waals surface area contributed by atoms with Crippen LogP contribution in [-0.2, 0) is 9.53 Å². The molecule has 7 nitrogen and oxygen atoms in total. The van der Waals surface area contributed by atoms with Crippen molar-refractivity contribution in [3.63, 3.8) is 0 Å². The number of nitrogens with zero attached hydrogens (tertiary/aromatic N) is 3. The van der Waals surface area contributed by atoms with Gasteiger partial charge in [-0.3, -0.25) is 9.59 Å². The summed E-state index contributed by atoms with van der Waals surface area (Å²) in [7, 11) is 1.61. The van der Waals surface area contributed by atoms with Crippen molar-refractivity contribution in [2.45, 2.75) is 12.0 Å². The summed E-state index contributed by atoms with van der Waals surface area (Å²) in [6, 6.07) is 20.1. The standard InChI is InChI=1S/C27H24N4O3S/c1-34-16-15-31-24(22-8-4-17-35-22)23(20-6-2-3-7-21(20)27(31)33)26(32)30-19-11-9-18(10-12-19)25-28-13-5-14-29-25/h2-14,17,23-24H,15-16H2,1H3,(H,30,32). The molecule has 0 aliphatic carbocycles. The average molecular weight is 485 g/mol. The van der Waals surface area contributed by atoms with Gasteiger partial charge < -0.3 is 15.0 Å². The molecule has 2 aromatic carbocycles. The smallest absolute Gasteiger partial charge is 0.254 e. The number of methoxy groups -OCH3 is 1. The average Bonchev–Trinajstić information content (AvgIpc) is 3.43. The lowest BCUT2D eigenvalue weighted by molar-refractivity contribution is -0.119. The van der Waals surface area contributed by atoms with Gasteiger partial charge in [-0.05, 0) is 53.4 Å². The minimum Gasteiger partial charge on any atom is -0.383 e. The molecular weight excluding hydrogens is 460 g/mol. The molecule has 2 unspecified atom stereocenters. The number of rotatable bonds is 7. The van der Waals surface area contributed by atoms with Gasteiger partial charge in [-0.2, -0.15) is 0 Å². The number of aromatic nitrogens is 2. The molecule has 0 saturated carbocycles. The van der Waals surface area contributed by atoms with Crippen molar-refractivity contribution in [1.29, 1.82) is 0 Å². The van der Waals surface area contributed by atoms with E-state index in [0.717, 1.165) is 16.0 Å². The van der Waals surface area contributed by atoms with E-state index < -0.39 is 12.0 Å². The molecule has 5 rings (SSSR count). The van der Waals surface area contributed by atoms with Crippen molar-refractivity contribution >= 4 is 28.8 Å². The van der Waals surface area contributed by atoms with E-state index in [1.54, 1.807) is 47.9 Å². The summed E-state index contributed by atoms with van der Waals surface area (Å²) in [4.78, 5) is 38.5. The monoisotopic (exact) mass is 484 g/mol. The minimum absolute atomic E-state index is 0.0904. The summed E-state index contributed by atoms with van der Waals surface area (Å²) in [5.41, 5.74) is 2.81. The van der Waals surface area contributed by atoms with Gasteiger partial charge >= 0.3 is 0 Å². The maximum absolute atomic E-state index is 13.8. The number of amides is 2. The van der Waals surface area contributed by atoms with Crippen LogP contribution in [0.2, 0.25) is 0 Å². The van der Waals surface area contributed by atoms with E-state index in [4.69, 9.17) is 4.74 Å². The molecule has 35 heavy (non-hydrogen) atoms. The molecule has 2 amide bonds. The van der Waals surface area contributed by atoms with Crippen LogP contribution >= 0.6 is 11.3 Å². The van der Waals surface area contributed by atoms with E-state index in [1.807, 2.05) is 60.0 Å². The summed E-state index contributed by atoms with van der Waals surface area (Å²) in [5, 5.41) is 5.04. The van der Waals surface area contributed by atoms with Crippen LogP contribution in [-0.4, -0.2) is 46.9 Å². The number of hydrogen-bond donors (Lipinski definition) is 1. The minimum atomic E-state index is -0.573. The molecule has 4 aromatic rings. The predicted molar refractivity (Wildman–Crippen MR) is 135 cm³/mol. The second kappa shape index (κ2) is 10.2. The van der Waals surface area contributed by atoms with Crippen LogP contribution < -0.4 is 5.32 Å². The highest BCUT2D eigenvalue weighted by Gasteiger charge is 2.44. The molecule has 1 aliphatic heterocycles. The molecule has 3 heterocycles. The number of hydrogen-bond acceptors (Lipinski definition) is 6. The highest BCUT2D eigenvalue weighted by Crippen LogP contribution is 2.44. The second-order valence-corrected chi connectivity index (χ2v) is 9.13. The molecule has 0 radical (unpaired) electrons. The molecule has 8 heteroatoms. The number of benzene rings is 2. The lowest BCUT2D eigenvalue weighted by Crippen LogP contribution is -2.47. The molecule has 2 aromatic heterocycles. The van der Waals surface area contributed by atoms with Crippen molar-refractivity contribution in [3.05, 3.63) is 101 Å². The fourth-order valence-electron chi connectivity index (χ4n) is 4.46. The number of fused-ring (bicyclic) bond motifs is 1. The molecule has 2 atom stereocenters. The first-order valence-corrected chi connectivity index (χ1v) is 12.2. The lowest BCUT2D eigenvalue weighted by Gasteiger charge is -2.41.